The fraction of sp³-hybridized carbons (Fsp3) is 0.174. The van der Waals surface area contributed by atoms with E-state index in [4.69, 9.17) is 14.5 Å². The largest absolute Gasteiger partial charge is 0.479 e. The summed E-state index contributed by atoms with van der Waals surface area (Å²) in [6.07, 6.45) is 0. The third kappa shape index (κ3) is 4.19. The predicted molar refractivity (Wildman–Crippen MR) is 118 cm³/mol. The molecule has 0 unspecified atom stereocenters. The van der Waals surface area contributed by atoms with Crippen LogP contribution in [0.15, 0.2) is 52.4 Å². The summed E-state index contributed by atoms with van der Waals surface area (Å²) < 4.78 is 10.8. The molecule has 7 heteroatoms. The van der Waals surface area contributed by atoms with Crippen LogP contribution in [0.4, 0.5) is 11.5 Å². The molecule has 0 amide bonds. The Morgan fingerprint density at radius 3 is 2.53 bits per heavy atom. The standard InChI is InChI=1S/C23H20N4O2S/c1-14-10-18(11-15(2)16(14)3)25-22-13-30-23(26-22)21-12-20(27-29-21)17-4-6-19(7-5-17)28-9-8-24/h4-7,10-13,25H,9H2,1-3H3. The summed E-state index contributed by atoms with van der Waals surface area (Å²) in [5, 5.41) is 18.8. The zero-order chi connectivity index (χ0) is 21.1. The monoisotopic (exact) mass is 416 g/mol. The van der Waals surface area contributed by atoms with Crippen molar-refractivity contribution >= 4 is 22.8 Å². The van der Waals surface area contributed by atoms with E-state index in [0.29, 0.717) is 17.2 Å². The number of ether oxygens (including phenoxy) is 1. The molecule has 0 fully saturated rings. The number of thiazole rings is 1. The number of aryl methyl sites for hydroxylation is 2. The van der Waals surface area contributed by atoms with Crippen LogP contribution in [0.2, 0.25) is 0 Å². The highest BCUT2D eigenvalue weighted by atomic mass is 32.1. The van der Waals surface area contributed by atoms with E-state index in [0.717, 1.165) is 22.1 Å². The van der Waals surface area contributed by atoms with Gasteiger partial charge in [0.2, 0.25) is 0 Å². The number of hydrogen-bond donors (Lipinski definition) is 1. The average Bonchev–Trinajstić information content (AvgIpc) is 3.40. The highest BCUT2D eigenvalue weighted by Gasteiger charge is 2.13. The van der Waals surface area contributed by atoms with Crippen molar-refractivity contribution in [3.8, 4) is 33.8 Å². The van der Waals surface area contributed by atoms with Gasteiger partial charge < -0.3 is 14.6 Å². The summed E-state index contributed by atoms with van der Waals surface area (Å²) >= 11 is 1.50. The Balaban J connectivity index is 1.49. The lowest BCUT2D eigenvalue weighted by atomic mass is 10.0. The molecule has 0 radical (unpaired) electrons. The molecule has 2 aromatic carbocycles. The van der Waals surface area contributed by atoms with Gasteiger partial charge >= 0.3 is 0 Å². The average molecular weight is 417 g/mol. The molecule has 4 rings (SSSR count). The van der Waals surface area contributed by atoms with Crippen molar-refractivity contribution in [1.29, 1.82) is 5.26 Å². The van der Waals surface area contributed by atoms with Gasteiger partial charge in [0.15, 0.2) is 17.4 Å². The first kappa shape index (κ1) is 19.7. The second-order valence-electron chi connectivity index (χ2n) is 6.95. The van der Waals surface area contributed by atoms with E-state index in [9.17, 15) is 0 Å². The molecule has 0 aliphatic heterocycles. The minimum atomic E-state index is 0.0234. The van der Waals surface area contributed by atoms with Crippen LogP contribution in [0.5, 0.6) is 5.75 Å². The number of benzene rings is 2. The minimum Gasteiger partial charge on any atom is -0.479 e. The summed E-state index contributed by atoms with van der Waals surface area (Å²) in [6, 6.07) is 15.4. The normalized spacial score (nSPS) is 10.6. The molecule has 2 aromatic heterocycles. The number of nitrogens with zero attached hydrogens (tertiary/aromatic N) is 3. The molecule has 0 aliphatic rings. The Bertz CT molecular complexity index is 1200. The molecule has 1 N–H and O–H groups in total. The first-order valence-electron chi connectivity index (χ1n) is 9.41. The Kier molecular flexibility index (Phi) is 5.50. The van der Waals surface area contributed by atoms with Crippen LogP contribution in [-0.2, 0) is 0 Å². The Morgan fingerprint density at radius 2 is 1.83 bits per heavy atom. The van der Waals surface area contributed by atoms with Gasteiger partial charge in [0.25, 0.3) is 0 Å². The highest BCUT2D eigenvalue weighted by Crippen LogP contribution is 2.31. The van der Waals surface area contributed by atoms with E-state index in [2.05, 4.69) is 48.4 Å². The molecule has 0 atom stereocenters. The summed E-state index contributed by atoms with van der Waals surface area (Å²) in [4.78, 5) is 4.64. The Labute approximate surface area is 178 Å². The molecule has 0 bridgehead atoms. The van der Waals surface area contributed by atoms with Crippen LogP contribution in [0.3, 0.4) is 0 Å². The van der Waals surface area contributed by atoms with E-state index in [1.807, 2.05) is 29.6 Å². The van der Waals surface area contributed by atoms with E-state index < -0.39 is 0 Å². The highest BCUT2D eigenvalue weighted by molar-refractivity contribution is 7.13. The predicted octanol–water partition coefficient (Wildman–Crippen LogP) is 6.04. The molecule has 0 spiro atoms. The van der Waals surface area contributed by atoms with Crippen LogP contribution in [0, 0.1) is 32.1 Å². The van der Waals surface area contributed by atoms with Crippen molar-refractivity contribution in [2.24, 2.45) is 0 Å². The molecule has 0 aliphatic carbocycles. The van der Waals surface area contributed by atoms with Gasteiger partial charge in [-0.3, -0.25) is 0 Å². The molecule has 6 nitrogen and oxygen atoms in total. The van der Waals surface area contributed by atoms with Gasteiger partial charge in [0, 0.05) is 22.7 Å². The van der Waals surface area contributed by atoms with Gasteiger partial charge in [-0.1, -0.05) is 5.16 Å². The maximum atomic E-state index is 8.58. The van der Waals surface area contributed by atoms with Crippen LogP contribution >= 0.6 is 11.3 Å². The second kappa shape index (κ2) is 8.39. The molecular formula is C23H20N4O2S. The van der Waals surface area contributed by atoms with Gasteiger partial charge in [0.1, 0.15) is 23.3 Å². The number of nitriles is 1. The third-order valence-electron chi connectivity index (χ3n) is 4.88. The quantitative estimate of drug-likeness (QED) is 0.413. The number of anilines is 2. The first-order valence-corrected chi connectivity index (χ1v) is 10.3. The van der Waals surface area contributed by atoms with Crippen molar-refractivity contribution in [3.05, 3.63) is 64.5 Å². The fourth-order valence-corrected chi connectivity index (χ4v) is 3.75. The molecule has 150 valence electrons. The maximum Gasteiger partial charge on any atom is 0.196 e. The zero-order valence-corrected chi connectivity index (χ0v) is 17.7. The third-order valence-corrected chi connectivity index (χ3v) is 5.73. The summed E-state index contributed by atoms with van der Waals surface area (Å²) in [5.74, 6) is 2.03. The van der Waals surface area contributed by atoms with Crippen LogP contribution in [0.25, 0.3) is 22.0 Å². The number of rotatable bonds is 6. The molecule has 2 heterocycles. The number of hydrogen-bond acceptors (Lipinski definition) is 7. The Hall–Kier alpha value is -3.63. The number of aromatic nitrogens is 2. The van der Waals surface area contributed by atoms with Crippen molar-refractivity contribution in [2.75, 3.05) is 11.9 Å². The van der Waals surface area contributed by atoms with Gasteiger partial charge in [-0.2, -0.15) is 5.26 Å². The van der Waals surface area contributed by atoms with Crippen LogP contribution in [-0.4, -0.2) is 16.7 Å². The summed E-state index contributed by atoms with van der Waals surface area (Å²) in [5.41, 5.74) is 6.43. The lowest BCUT2D eigenvalue weighted by Crippen LogP contribution is -1.94. The molecular weight excluding hydrogens is 396 g/mol. The van der Waals surface area contributed by atoms with Crippen LogP contribution in [0.1, 0.15) is 16.7 Å². The van der Waals surface area contributed by atoms with E-state index in [1.165, 1.54) is 28.0 Å². The minimum absolute atomic E-state index is 0.0234. The van der Waals surface area contributed by atoms with Crippen LogP contribution < -0.4 is 10.1 Å². The lowest BCUT2D eigenvalue weighted by Gasteiger charge is -2.09. The topological polar surface area (TPSA) is 84.0 Å². The summed E-state index contributed by atoms with van der Waals surface area (Å²) in [6.45, 7) is 6.37. The fourth-order valence-electron chi connectivity index (χ4n) is 3.05. The van der Waals surface area contributed by atoms with Crippen molar-refractivity contribution in [2.45, 2.75) is 20.8 Å². The van der Waals surface area contributed by atoms with Gasteiger partial charge in [-0.05, 0) is 73.9 Å². The van der Waals surface area contributed by atoms with E-state index in [-0.39, 0.29) is 6.61 Å². The molecule has 0 saturated heterocycles. The first-order chi connectivity index (χ1) is 14.5. The van der Waals surface area contributed by atoms with Gasteiger partial charge in [-0.15, -0.1) is 11.3 Å². The van der Waals surface area contributed by atoms with E-state index in [1.54, 1.807) is 12.1 Å². The van der Waals surface area contributed by atoms with Crippen molar-refractivity contribution in [3.63, 3.8) is 0 Å². The van der Waals surface area contributed by atoms with Crippen molar-refractivity contribution in [1.82, 2.24) is 10.1 Å². The second-order valence-corrected chi connectivity index (χ2v) is 7.80. The summed E-state index contributed by atoms with van der Waals surface area (Å²) in [7, 11) is 0. The smallest absolute Gasteiger partial charge is 0.196 e. The molecule has 4 aromatic rings. The Morgan fingerprint density at radius 1 is 1.10 bits per heavy atom. The molecule has 0 saturated carbocycles. The zero-order valence-electron chi connectivity index (χ0n) is 16.9. The van der Waals surface area contributed by atoms with Gasteiger partial charge in [0.05, 0.1) is 0 Å². The SMILES string of the molecule is Cc1cc(Nc2csc(-c3cc(-c4ccc(OCC#N)cc4)no3)n2)cc(C)c1C. The number of nitrogens with one attached hydrogen (secondary N) is 1. The maximum absolute atomic E-state index is 8.58. The van der Waals surface area contributed by atoms with Gasteiger partial charge in [-0.25, -0.2) is 4.98 Å². The lowest BCUT2D eigenvalue weighted by molar-refractivity contribution is 0.368. The van der Waals surface area contributed by atoms with E-state index >= 15 is 0 Å². The molecule has 30 heavy (non-hydrogen) atoms. The van der Waals surface area contributed by atoms with Crippen molar-refractivity contribution < 1.29 is 9.26 Å².